The fourth-order valence-corrected chi connectivity index (χ4v) is 2.18. The minimum Gasteiger partial charge on any atom is -0.453 e. The number of ether oxygens (including phenoxy) is 1. The Morgan fingerprint density at radius 2 is 2.42 bits per heavy atom. The van der Waals surface area contributed by atoms with Crippen LogP contribution in [0.3, 0.4) is 0 Å². The summed E-state index contributed by atoms with van der Waals surface area (Å²) in [5.74, 6) is 0. The van der Waals surface area contributed by atoms with Crippen LogP contribution in [-0.2, 0) is 4.74 Å². The van der Waals surface area contributed by atoms with E-state index >= 15 is 0 Å². The molecule has 1 unspecified atom stereocenters. The molecular formula is C12H16N4O2S. The Kier molecular flexibility index (Phi) is 4.16. The van der Waals surface area contributed by atoms with Crippen LogP contribution in [0, 0.1) is 0 Å². The molecule has 1 aromatic rings. The molecule has 1 saturated heterocycles. The molecule has 1 amide bonds. The second-order valence-electron chi connectivity index (χ2n) is 4.33. The van der Waals surface area contributed by atoms with Crippen molar-refractivity contribution in [2.45, 2.75) is 12.5 Å². The van der Waals surface area contributed by atoms with Gasteiger partial charge in [-0.05, 0) is 18.6 Å². The van der Waals surface area contributed by atoms with Gasteiger partial charge in [0.25, 0.3) is 0 Å². The topological polar surface area (TPSA) is 80.5 Å². The summed E-state index contributed by atoms with van der Waals surface area (Å²) in [5.41, 5.74) is 7.11. The first-order valence-electron chi connectivity index (χ1n) is 5.95. The second kappa shape index (κ2) is 5.83. The molecular weight excluding hydrogens is 264 g/mol. The van der Waals surface area contributed by atoms with E-state index < -0.39 is 6.09 Å². The predicted molar refractivity (Wildman–Crippen MR) is 76.3 cm³/mol. The molecule has 102 valence electrons. The van der Waals surface area contributed by atoms with E-state index in [4.69, 9.17) is 18.0 Å². The Morgan fingerprint density at radius 3 is 3.00 bits per heavy atom. The first-order chi connectivity index (χ1) is 9.10. The fourth-order valence-electron chi connectivity index (χ4n) is 2.06. The van der Waals surface area contributed by atoms with Gasteiger partial charge in [0.15, 0.2) is 0 Å². The molecule has 3 N–H and O–H groups in total. The Morgan fingerprint density at radius 1 is 1.63 bits per heavy atom. The summed E-state index contributed by atoms with van der Waals surface area (Å²) in [5, 5.41) is 2.79. The average molecular weight is 280 g/mol. The molecule has 0 saturated carbocycles. The van der Waals surface area contributed by atoms with Gasteiger partial charge < -0.3 is 20.7 Å². The number of amides is 1. The lowest BCUT2D eigenvalue weighted by Gasteiger charge is -2.18. The van der Waals surface area contributed by atoms with Gasteiger partial charge in [0.05, 0.1) is 30.7 Å². The van der Waals surface area contributed by atoms with Crippen LogP contribution in [0.5, 0.6) is 0 Å². The number of pyridine rings is 1. The number of nitrogens with two attached hydrogens (primary N) is 1. The number of methoxy groups -OCH3 is 1. The van der Waals surface area contributed by atoms with E-state index in [1.54, 1.807) is 12.3 Å². The molecule has 2 heterocycles. The van der Waals surface area contributed by atoms with Crippen molar-refractivity contribution in [1.29, 1.82) is 0 Å². The third-order valence-corrected chi connectivity index (χ3v) is 3.27. The number of nitrogens with zero attached hydrogens (tertiary/aromatic N) is 2. The molecule has 1 aromatic heterocycles. The molecule has 6 nitrogen and oxygen atoms in total. The molecule has 2 rings (SSSR count). The number of nitrogens with one attached hydrogen (secondary N) is 1. The lowest BCUT2D eigenvalue weighted by Crippen LogP contribution is -2.36. The fraction of sp³-hybridized carbons (Fsp3) is 0.417. The summed E-state index contributed by atoms with van der Waals surface area (Å²) in [6.07, 6.45) is 2.23. The average Bonchev–Trinajstić information content (AvgIpc) is 2.87. The van der Waals surface area contributed by atoms with Crippen LogP contribution >= 0.6 is 12.2 Å². The minimum atomic E-state index is -0.395. The van der Waals surface area contributed by atoms with E-state index in [9.17, 15) is 4.79 Å². The van der Waals surface area contributed by atoms with E-state index in [2.05, 4.69) is 19.9 Å². The Labute approximate surface area is 116 Å². The second-order valence-corrected chi connectivity index (χ2v) is 4.77. The molecule has 0 spiro atoms. The number of carbonyl (C=O) groups excluding carboxylic acids is 1. The zero-order valence-corrected chi connectivity index (χ0v) is 11.4. The van der Waals surface area contributed by atoms with Crippen LogP contribution in [0.25, 0.3) is 0 Å². The quantitative estimate of drug-likeness (QED) is 0.791. The van der Waals surface area contributed by atoms with Crippen molar-refractivity contribution in [3.63, 3.8) is 0 Å². The Bertz CT molecular complexity index is 477. The highest BCUT2D eigenvalue weighted by Gasteiger charge is 2.24. The smallest absolute Gasteiger partial charge is 0.407 e. The number of hydrogen-bond acceptors (Lipinski definition) is 5. The number of thiocarbonyl (C=S) groups is 1. The molecule has 1 aliphatic rings. The van der Waals surface area contributed by atoms with Crippen molar-refractivity contribution >= 4 is 29.0 Å². The molecule has 1 atom stereocenters. The summed E-state index contributed by atoms with van der Waals surface area (Å²) in [7, 11) is 1.36. The van der Waals surface area contributed by atoms with Crippen LogP contribution in [0.4, 0.5) is 10.5 Å². The molecule has 7 heteroatoms. The molecule has 0 bridgehead atoms. The van der Waals surface area contributed by atoms with Crippen LogP contribution in [0.15, 0.2) is 18.3 Å². The van der Waals surface area contributed by atoms with Gasteiger partial charge in [0.2, 0.25) is 0 Å². The third-order valence-electron chi connectivity index (χ3n) is 3.06. The predicted octanol–water partition coefficient (Wildman–Crippen LogP) is 0.651. The standard InChI is InChI=1S/C12H16N4O2S/c1-18-12(17)15-8-4-5-16(7-8)9-2-3-10(11(13)19)14-6-9/h2-3,6,8H,4-5,7H2,1H3,(H2,13,19)(H,15,17). The molecule has 0 aliphatic carbocycles. The summed E-state index contributed by atoms with van der Waals surface area (Å²) < 4.78 is 4.59. The van der Waals surface area contributed by atoms with Crippen LogP contribution in [-0.4, -0.2) is 42.3 Å². The largest absolute Gasteiger partial charge is 0.453 e. The maximum atomic E-state index is 11.1. The maximum Gasteiger partial charge on any atom is 0.407 e. The Balaban J connectivity index is 1.96. The highest BCUT2D eigenvalue weighted by atomic mass is 32.1. The van der Waals surface area contributed by atoms with Gasteiger partial charge in [-0.1, -0.05) is 12.2 Å². The number of aromatic nitrogens is 1. The van der Waals surface area contributed by atoms with E-state index in [0.29, 0.717) is 10.7 Å². The van der Waals surface area contributed by atoms with Crippen LogP contribution in [0.1, 0.15) is 12.1 Å². The maximum absolute atomic E-state index is 11.1. The van der Waals surface area contributed by atoms with Crippen molar-refractivity contribution in [2.75, 3.05) is 25.1 Å². The SMILES string of the molecule is COC(=O)NC1CCN(c2ccc(C(N)=S)nc2)C1. The van der Waals surface area contributed by atoms with Crippen LogP contribution < -0.4 is 16.0 Å². The van der Waals surface area contributed by atoms with Crippen molar-refractivity contribution in [3.05, 3.63) is 24.0 Å². The first kappa shape index (κ1) is 13.5. The van der Waals surface area contributed by atoms with E-state index in [1.165, 1.54) is 7.11 Å². The monoisotopic (exact) mass is 280 g/mol. The molecule has 0 aromatic carbocycles. The summed E-state index contributed by atoms with van der Waals surface area (Å²) in [6, 6.07) is 3.84. The van der Waals surface area contributed by atoms with Gasteiger partial charge in [-0.2, -0.15) is 0 Å². The number of carbonyl (C=O) groups is 1. The number of hydrogen-bond donors (Lipinski definition) is 2. The highest BCUT2D eigenvalue weighted by Crippen LogP contribution is 2.19. The van der Waals surface area contributed by atoms with E-state index in [0.717, 1.165) is 25.2 Å². The normalized spacial score (nSPS) is 18.2. The van der Waals surface area contributed by atoms with Gasteiger partial charge in [-0.25, -0.2) is 4.79 Å². The lowest BCUT2D eigenvalue weighted by molar-refractivity contribution is 0.167. The zero-order valence-electron chi connectivity index (χ0n) is 10.6. The first-order valence-corrected chi connectivity index (χ1v) is 6.36. The highest BCUT2D eigenvalue weighted by molar-refractivity contribution is 7.80. The Hall–Kier alpha value is -1.89. The summed E-state index contributed by atoms with van der Waals surface area (Å²) >= 11 is 4.86. The van der Waals surface area contributed by atoms with Crippen molar-refractivity contribution in [3.8, 4) is 0 Å². The van der Waals surface area contributed by atoms with E-state index in [-0.39, 0.29) is 6.04 Å². The van der Waals surface area contributed by atoms with Gasteiger partial charge in [0.1, 0.15) is 4.99 Å². The van der Waals surface area contributed by atoms with Gasteiger partial charge >= 0.3 is 6.09 Å². The molecule has 0 radical (unpaired) electrons. The molecule has 1 fully saturated rings. The third kappa shape index (κ3) is 3.31. The van der Waals surface area contributed by atoms with Crippen LogP contribution in [0.2, 0.25) is 0 Å². The zero-order chi connectivity index (χ0) is 13.8. The van der Waals surface area contributed by atoms with Gasteiger partial charge in [0, 0.05) is 13.1 Å². The van der Waals surface area contributed by atoms with Crippen molar-refractivity contribution in [1.82, 2.24) is 10.3 Å². The molecule has 19 heavy (non-hydrogen) atoms. The number of anilines is 1. The lowest BCUT2D eigenvalue weighted by atomic mass is 10.3. The number of alkyl carbamates (subject to hydrolysis) is 1. The van der Waals surface area contributed by atoms with Gasteiger partial charge in [-0.15, -0.1) is 0 Å². The molecule has 1 aliphatic heterocycles. The van der Waals surface area contributed by atoms with Crippen molar-refractivity contribution in [2.24, 2.45) is 5.73 Å². The van der Waals surface area contributed by atoms with Gasteiger partial charge in [-0.3, -0.25) is 4.98 Å². The minimum absolute atomic E-state index is 0.0997. The summed E-state index contributed by atoms with van der Waals surface area (Å²) in [4.78, 5) is 17.8. The number of rotatable bonds is 3. The van der Waals surface area contributed by atoms with E-state index in [1.807, 2.05) is 6.07 Å². The van der Waals surface area contributed by atoms with Crippen molar-refractivity contribution < 1.29 is 9.53 Å². The summed E-state index contributed by atoms with van der Waals surface area (Å²) in [6.45, 7) is 1.60.